The minimum Gasteiger partial charge on any atom is -0.368 e. The lowest BCUT2D eigenvalue weighted by atomic mass is 10.1. The van der Waals surface area contributed by atoms with E-state index in [1.54, 1.807) is 22.5 Å². The lowest BCUT2D eigenvalue weighted by Crippen LogP contribution is -2.49. The van der Waals surface area contributed by atoms with Gasteiger partial charge in [-0.25, -0.2) is 8.42 Å². The highest BCUT2D eigenvalue weighted by molar-refractivity contribution is 7.89. The van der Waals surface area contributed by atoms with E-state index < -0.39 is 10.0 Å². The Morgan fingerprint density at radius 2 is 1.63 bits per heavy atom. The summed E-state index contributed by atoms with van der Waals surface area (Å²) in [5, 5.41) is 2.74. The van der Waals surface area contributed by atoms with Gasteiger partial charge in [0, 0.05) is 37.6 Å². The molecule has 0 aliphatic carbocycles. The number of benzene rings is 2. The topological polar surface area (TPSA) is 69.7 Å². The molecule has 2 aliphatic rings. The number of amides is 1. The Kier molecular flexibility index (Phi) is 4.44. The van der Waals surface area contributed by atoms with Gasteiger partial charge < -0.3 is 10.2 Å². The standard InChI is InChI=1S/C20H23N3O3S/c1-14-4-3-5-15(2)20(14)22-8-10-23(11-9-22)27(25,26)17-6-7-18-16(12-17)13-19(24)21-18/h3-7,12H,8-11,13H2,1-2H3,(H,21,24). The van der Waals surface area contributed by atoms with Gasteiger partial charge in [0.15, 0.2) is 0 Å². The van der Waals surface area contributed by atoms with Crippen molar-refractivity contribution in [1.82, 2.24) is 4.31 Å². The van der Waals surface area contributed by atoms with Crippen LogP contribution in [0.1, 0.15) is 16.7 Å². The first-order valence-corrected chi connectivity index (χ1v) is 10.5. The second-order valence-electron chi connectivity index (χ2n) is 7.18. The molecule has 1 fully saturated rings. The Morgan fingerprint density at radius 3 is 2.30 bits per heavy atom. The monoisotopic (exact) mass is 385 g/mol. The Labute approximate surface area is 159 Å². The number of para-hydroxylation sites is 1. The number of hydrogen-bond acceptors (Lipinski definition) is 4. The summed E-state index contributed by atoms with van der Waals surface area (Å²) in [6, 6.07) is 11.1. The van der Waals surface area contributed by atoms with Crippen LogP contribution >= 0.6 is 0 Å². The summed E-state index contributed by atoms with van der Waals surface area (Å²) in [5.74, 6) is -0.0956. The third-order valence-electron chi connectivity index (χ3n) is 5.33. The van der Waals surface area contributed by atoms with Crippen LogP contribution in [0.25, 0.3) is 0 Å². The molecule has 0 bridgehead atoms. The van der Waals surface area contributed by atoms with Gasteiger partial charge in [-0.2, -0.15) is 4.31 Å². The largest absolute Gasteiger partial charge is 0.368 e. The van der Waals surface area contributed by atoms with Crippen LogP contribution in [0, 0.1) is 13.8 Å². The molecular formula is C20H23N3O3S. The minimum atomic E-state index is -3.56. The van der Waals surface area contributed by atoms with E-state index in [4.69, 9.17) is 0 Å². The number of anilines is 2. The molecule has 0 spiro atoms. The lowest BCUT2D eigenvalue weighted by molar-refractivity contribution is -0.115. The van der Waals surface area contributed by atoms with Crippen molar-refractivity contribution in [2.75, 3.05) is 36.4 Å². The second kappa shape index (κ2) is 6.65. The number of hydrogen-bond donors (Lipinski definition) is 1. The van der Waals surface area contributed by atoms with Crippen LogP contribution in [-0.4, -0.2) is 44.8 Å². The third-order valence-corrected chi connectivity index (χ3v) is 7.23. The van der Waals surface area contributed by atoms with Crippen molar-refractivity contribution in [3.63, 3.8) is 0 Å². The van der Waals surface area contributed by atoms with Crippen LogP contribution in [0.2, 0.25) is 0 Å². The number of carbonyl (C=O) groups is 1. The molecule has 4 rings (SSSR count). The summed E-state index contributed by atoms with van der Waals surface area (Å²) in [6.45, 7) is 6.40. The maximum absolute atomic E-state index is 13.0. The summed E-state index contributed by atoms with van der Waals surface area (Å²) >= 11 is 0. The van der Waals surface area contributed by atoms with Crippen LogP contribution in [0.4, 0.5) is 11.4 Å². The number of rotatable bonds is 3. The van der Waals surface area contributed by atoms with Crippen molar-refractivity contribution in [2.45, 2.75) is 25.2 Å². The van der Waals surface area contributed by atoms with Crippen LogP contribution < -0.4 is 10.2 Å². The van der Waals surface area contributed by atoms with Gasteiger partial charge in [0.2, 0.25) is 15.9 Å². The molecule has 2 aromatic rings. The van der Waals surface area contributed by atoms with E-state index in [2.05, 4.69) is 36.2 Å². The van der Waals surface area contributed by atoms with Gasteiger partial charge >= 0.3 is 0 Å². The zero-order valence-corrected chi connectivity index (χ0v) is 16.3. The zero-order valence-electron chi connectivity index (χ0n) is 15.5. The molecule has 1 N–H and O–H groups in total. The average Bonchev–Trinajstić information content (AvgIpc) is 3.01. The van der Waals surface area contributed by atoms with Gasteiger partial charge in [0.25, 0.3) is 0 Å². The van der Waals surface area contributed by atoms with Crippen LogP contribution in [0.3, 0.4) is 0 Å². The molecule has 1 saturated heterocycles. The van der Waals surface area contributed by atoms with E-state index >= 15 is 0 Å². The third kappa shape index (κ3) is 3.21. The van der Waals surface area contributed by atoms with Gasteiger partial charge in [0.1, 0.15) is 0 Å². The molecule has 2 aromatic carbocycles. The molecule has 0 saturated carbocycles. The van der Waals surface area contributed by atoms with Crippen molar-refractivity contribution in [1.29, 1.82) is 0 Å². The molecule has 7 heteroatoms. The Morgan fingerprint density at radius 1 is 0.963 bits per heavy atom. The molecular weight excluding hydrogens is 362 g/mol. The molecule has 6 nitrogen and oxygen atoms in total. The second-order valence-corrected chi connectivity index (χ2v) is 9.11. The Balaban J connectivity index is 1.52. The summed E-state index contributed by atoms with van der Waals surface area (Å²) < 4.78 is 27.6. The van der Waals surface area contributed by atoms with Gasteiger partial charge in [-0.1, -0.05) is 18.2 Å². The summed E-state index contributed by atoms with van der Waals surface area (Å²) in [5.41, 5.74) is 5.08. The smallest absolute Gasteiger partial charge is 0.243 e. The fourth-order valence-corrected chi connectivity index (χ4v) is 5.45. The van der Waals surface area contributed by atoms with Gasteiger partial charge in [-0.3, -0.25) is 4.79 Å². The van der Waals surface area contributed by atoms with Crippen molar-refractivity contribution in [2.24, 2.45) is 0 Å². The highest BCUT2D eigenvalue weighted by atomic mass is 32.2. The SMILES string of the molecule is Cc1cccc(C)c1N1CCN(S(=O)(=O)c2ccc3c(c2)CC(=O)N3)CC1. The quantitative estimate of drug-likeness (QED) is 0.880. The molecule has 0 unspecified atom stereocenters. The molecule has 0 aromatic heterocycles. The van der Waals surface area contributed by atoms with Crippen LogP contribution in [0.5, 0.6) is 0 Å². The molecule has 0 radical (unpaired) electrons. The molecule has 142 valence electrons. The number of fused-ring (bicyclic) bond motifs is 1. The number of sulfonamides is 1. The van der Waals surface area contributed by atoms with Crippen molar-refractivity contribution < 1.29 is 13.2 Å². The fourth-order valence-electron chi connectivity index (χ4n) is 3.97. The van der Waals surface area contributed by atoms with Crippen LogP contribution in [-0.2, 0) is 21.2 Å². The maximum Gasteiger partial charge on any atom is 0.243 e. The Bertz CT molecular complexity index is 989. The molecule has 0 atom stereocenters. The van der Waals surface area contributed by atoms with Crippen LogP contribution in [0.15, 0.2) is 41.3 Å². The number of piperazine rings is 1. The maximum atomic E-state index is 13.0. The number of carbonyl (C=O) groups excluding carboxylic acids is 1. The summed E-state index contributed by atoms with van der Waals surface area (Å²) in [4.78, 5) is 14.0. The molecule has 27 heavy (non-hydrogen) atoms. The molecule has 1 amide bonds. The van der Waals surface area contributed by atoms with Crippen molar-refractivity contribution in [3.8, 4) is 0 Å². The fraction of sp³-hybridized carbons (Fsp3) is 0.350. The van der Waals surface area contributed by atoms with E-state index in [0.29, 0.717) is 31.9 Å². The lowest BCUT2D eigenvalue weighted by Gasteiger charge is -2.37. The van der Waals surface area contributed by atoms with Gasteiger partial charge in [-0.15, -0.1) is 0 Å². The number of aryl methyl sites for hydroxylation is 2. The van der Waals surface area contributed by atoms with E-state index in [-0.39, 0.29) is 17.2 Å². The summed E-state index contributed by atoms with van der Waals surface area (Å²) in [7, 11) is -3.56. The van der Waals surface area contributed by atoms with Gasteiger partial charge in [-0.05, 0) is 48.7 Å². The predicted molar refractivity (Wildman–Crippen MR) is 106 cm³/mol. The zero-order chi connectivity index (χ0) is 19.2. The van der Waals surface area contributed by atoms with E-state index in [9.17, 15) is 13.2 Å². The summed E-state index contributed by atoms with van der Waals surface area (Å²) in [6.07, 6.45) is 0.235. The van der Waals surface area contributed by atoms with E-state index in [1.807, 2.05) is 6.07 Å². The highest BCUT2D eigenvalue weighted by Crippen LogP contribution is 2.29. The first kappa shape index (κ1) is 18.0. The molecule has 2 aliphatic heterocycles. The van der Waals surface area contributed by atoms with Crippen molar-refractivity contribution >= 4 is 27.3 Å². The van der Waals surface area contributed by atoms with Gasteiger partial charge in [0.05, 0.1) is 11.3 Å². The average molecular weight is 385 g/mol. The minimum absolute atomic E-state index is 0.0956. The van der Waals surface area contributed by atoms with E-state index in [1.165, 1.54) is 16.8 Å². The molecule has 2 heterocycles. The van der Waals surface area contributed by atoms with Crippen molar-refractivity contribution in [3.05, 3.63) is 53.1 Å². The Hall–Kier alpha value is -2.38. The first-order valence-electron chi connectivity index (χ1n) is 9.10. The van der Waals surface area contributed by atoms with E-state index in [0.717, 1.165) is 5.56 Å². The number of nitrogens with zero attached hydrogens (tertiary/aromatic N) is 2. The highest BCUT2D eigenvalue weighted by Gasteiger charge is 2.30. The predicted octanol–water partition coefficient (Wildman–Crippen LogP) is 2.31. The first-order chi connectivity index (χ1) is 12.9. The normalized spacial score (nSPS) is 17.7. The number of nitrogens with one attached hydrogen (secondary N) is 1.